The molecule has 0 aliphatic rings. The summed E-state index contributed by atoms with van der Waals surface area (Å²) in [6, 6.07) is 5.15. The number of hydrogen-bond acceptors (Lipinski definition) is 5. The van der Waals surface area contributed by atoms with E-state index in [1.807, 2.05) is 0 Å². The summed E-state index contributed by atoms with van der Waals surface area (Å²) in [5.41, 5.74) is -0.719. The molecule has 0 spiro atoms. The van der Waals surface area contributed by atoms with E-state index >= 15 is 0 Å². The molecule has 0 aromatic heterocycles. The Balaban J connectivity index is 3.18. The number of hydrogen-bond donors (Lipinski definition) is 2. The third kappa shape index (κ3) is 4.25. The fourth-order valence-corrected chi connectivity index (χ4v) is 3.90. The van der Waals surface area contributed by atoms with Crippen molar-refractivity contribution in [2.75, 3.05) is 13.7 Å². The minimum absolute atomic E-state index is 0.00914. The average molecular weight is 322 g/mol. The van der Waals surface area contributed by atoms with Gasteiger partial charge < -0.3 is 4.74 Å². The Morgan fingerprint density at radius 1 is 1.15 bits per heavy atom. The van der Waals surface area contributed by atoms with Crippen molar-refractivity contribution in [2.45, 2.75) is 29.2 Å². The number of rotatable bonds is 6. The Bertz CT molecular complexity index is 681. The van der Waals surface area contributed by atoms with Crippen LogP contribution in [0.2, 0.25) is 0 Å². The highest BCUT2D eigenvalue weighted by Gasteiger charge is 2.26. The molecular formula is C11H18N2O5S2. The predicted molar refractivity (Wildman–Crippen MR) is 74.1 cm³/mol. The van der Waals surface area contributed by atoms with E-state index in [-0.39, 0.29) is 11.4 Å². The molecule has 0 aliphatic heterocycles. The maximum Gasteiger partial charge on any atom is 0.242 e. The van der Waals surface area contributed by atoms with Crippen LogP contribution in [0.1, 0.15) is 13.8 Å². The average Bonchev–Trinajstić information content (AvgIpc) is 2.36. The van der Waals surface area contributed by atoms with E-state index < -0.39 is 30.5 Å². The lowest BCUT2D eigenvalue weighted by Crippen LogP contribution is -2.40. The largest absolute Gasteiger partial charge is 0.377 e. The van der Waals surface area contributed by atoms with E-state index in [1.165, 1.54) is 25.3 Å². The van der Waals surface area contributed by atoms with Gasteiger partial charge in [0, 0.05) is 13.7 Å². The standard InChI is InChI=1S/C11H18N2O5S2/c1-11(2,18-3)8-13-20(16,17)10-7-5-4-6-9(10)19(12,14)15/h4-7,13H,8H2,1-3H3,(H2,12,14,15). The Labute approximate surface area is 119 Å². The molecule has 9 heteroatoms. The molecule has 0 heterocycles. The molecule has 114 valence electrons. The maximum atomic E-state index is 12.2. The van der Waals surface area contributed by atoms with Crippen LogP contribution in [-0.4, -0.2) is 36.1 Å². The molecule has 0 atom stereocenters. The zero-order chi connectivity index (χ0) is 15.6. The lowest BCUT2D eigenvalue weighted by atomic mass is 10.1. The molecular weight excluding hydrogens is 304 g/mol. The Morgan fingerprint density at radius 3 is 2.10 bits per heavy atom. The topological polar surface area (TPSA) is 116 Å². The van der Waals surface area contributed by atoms with Crippen molar-refractivity contribution in [2.24, 2.45) is 5.14 Å². The van der Waals surface area contributed by atoms with Crippen LogP contribution in [0.15, 0.2) is 34.1 Å². The minimum atomic E-state index is -4.13. The van der Waals surface area contributed by atoms with Crippen LogP contribution >= 0.6 is 0 Å². The smallest absolute Gasteiger partial charge is 0.242 e. The van der Waals surface area contributed by atoms with Gasteiger partial charge in [-0.1, -0.05) is 12.1 Å². The second-order valence-corrected chi connectivity index (χ2v) is 8.05. The van der Waals surface area contributed by atoms with Gasteiger partial charge in [-0.05, 0) is 26.0 Å². The van der Waals surface area contributed by atoms with Crippen molar-refractivity contribution in [3.8, 4) is 0 Å². The molecule has 0 unspecified atom stereocenters. The first kappa shape index (κ1) is 17.1. The summed E-state index contributed by atoms with van der Waals surface area (Å²) in [6.07, 6.45) is 0. The highest BCUT2D eigenvalue weighted by molar-refractivity contribution is 7.92. The van der Waals surface area contributed by atoms with Gasteiger partial charge in [0.25, 0.3) is 0 Å². The number of nitrogens with one attached hydrogen (secondary N) is 1. The monoisotopic (exact) mass is 322 g/mol. The molecule has 3 N–H and O–H groups in total. The van der Waals surface area contributed by atoms with Gasteiger partial charge in [0.05, 0.1) is 5.60 Å². The van der Waals surface area contributed by atoms with Crippen molar-refractivity contribution in [3.63, 3.8) is 0 Å². The summed E-state index contributed by atoms with van der Waals surface area (Å²) in [4.78, 5) is -0.822. The van der Waals surface area contributed by atoms with Gasteiger partial charge in [-0.25, -0.2) is 26.7 Å². The van der Waals surface area contributed by atoms with Crippen LogP contribution in [0, 0.1) is 0 Å². The van der Waals surface area contributed by atoms with Crippen LogP contribution in [0.25, 0.3) is 0 Å². The van der Waals surface area contributed by atoms with E-state index in [2.05, 4.69) is 4.72 Å². The molecule has 1 aromatic carbocycles. The van der Waals surface area contributed by atoms with Crippen molar-refractivity contribution in [1.82, 2.24) is 4.72 Å². The normalized spacial score (nSPS) is 13.4. The minimum Gasteiger partial charge on any atom is -0.377 e. The quantitative estimate of drug-likeness (QED) is 0.767. The van der Waals surface area contributed by atoms with E-state index in [4.69, 9.17) is 9.88 Å². The molecule has 0 bridgehead atoms. The highest BCUT2D eigenvalue weighted by Crippen LogP contribution is 2.19. The fourth-order valence-electron chi connectivity index (χ4n) is 1.33. The van der Waals surface area contributed by atoms with Gasteiger partial charge in [-0.2, -0.15) is 0 Å². The summed E-state index contributed by atoms with van der Waals surface area (Å²) in [6.45, 7) is 3.38. The van der Waals surface area contributed by atoms with Gasteiger partial charge in [0.2, 0.25) is 20.0 Å². The SMILES string of the molecule is COC(C)(C)CNS(=O)(=O)c1ccccc1S(N)(=O)=O. The van der Waals surface area contributed by atoms with Gasteiger partial charge in [-0.15, -0.1) is 0 Å². The molecule has 0 aliphatic carbocycles. The van der Waals surface area contributed by atoms with Crippen molar-refractivity contribution in [3.05, 3.63) is 24.3 Å². The molecule has 1 rings (SSSR count). The second-order valence-electron chi connectivity index (χ2n) is 4.78. The van der Waals surface area contributed by atoms with Crippen LogP contribution in [0.3, 0.4) is 0 Å². The first-order valence-corrected chi connectivity index (χ1v) is 8.69. The third-order valence-corrected chi connectivity index (χ3v) is 5.24. The van der Waals surface area contributed by atoms with Crippen LogP contribution in [0.4, 0.5) is 0 Å². The summed E-state index contributed by atoms with van der Waals surface area (Å²) in [7, 11) is -6.68. The molecule has 0 amide bonds. The van der Waals surface area contributed by atoms with Crippen molar-refractivity contribution in [1.29, 1.82) is 0 Å². The second kappa shape index (κ2) is 5.78. The zero-order valence-electron chi connectivity index (χ0n) is 11.5. The summed E-state index contributed by atoms with van der Waals surface area (Å²) in [5.74, 6) is 0. The Kier molecular flexibility index (Phi) is 4.93. The summed E-state index contributed by atoms with van der Waals surface area (Å²) in [5, 5.41) is 5.02. The van der Waals surface area contributed by atoms with Crippen LogP contribution < -0.4 is 9.86 Å². The molecule has 0 saturated heterocycles. The fraction of sp³-hybridized carbons (Fsp3) is 0.455. The molecule has 20 heavy (non-hydrogen) atoms. The lowest BCUT2D eigenvalue weighted by Gasteiger charge is -2.23. The first-order chi connectivity index (χ1) is 8.99. The number of primary sulfonamides is 1. The zero-order valence-corrected chi connectivity index (χ0v) is 13.1. The van der Waals surface area contributed by atoms with Gasteiger partial charge in [-0.3, -0.25) is 0 Å². The van der Waals surface area contributed by atoms with Gasteiger partial charge in [0.15, 0.2) is 0 Å². The van der Waals surface area contributed by atoms with E-state index in [9.17, 15) is 16.8 Å². The first-order valence-electron chi connectivity index (χ1n) is 5.66. The van der Waals surface area contributed by atoms with E-state index in [1.54, 1.807) is 13.8 Å². The maximum absolute atomic E-state index is 12.2. The molecule has 0 saturated carbocycles. The lowest BCUT2D eigenvalue weighted by molar-refractivity contribution is 0.0276. The van der Waals surface area contributed by atoms with E-state index in [0.29, 0.717) is 0 Å². The van der Waals surface area contributed by atoms with Crippen molar-refractivity contribution >= 4 is 20.0 Å². The predicted octanol–water partition coefficient (Wildman–Crippen LogP) is 0.0373. The van der Waals surface area contributed by atoms with Crippen LogP contribution in [0.5, 0.6) is 0 Å². The van der Waals surface area contributed by atoms with E-state index in [0.717, 1.165) is 6.07 Å². The number of sulfonamides is 2. The Hall–Kier alpha value is -1.00. The third-order valence-electron chi connectivity index (χ3n) is 2.69. The highest BCUT2D eigenvalue weighted by atomic mass is 32.2. The van der Waals surface area contributed by atoms with Gasteiger partial charge >= 0.3 is 0 Å². The number of nitrogens with two attached hydrogens (primary N) is 1. The molecule has 0 radical (unpaired) electrons. The number of benzene rings is 1. The summed E-state index contributed by atoms with van der Waals surface area (Å²) < 4.78 is 54.6. The van der Waals surface area contributed by atoms with Crippen LogP contribution in [-0.2, 0) is 24.8 Å². The Morgan fingerprint density at radius 2 is 1.65 bits per heavy atom. The number of methoxy groups -OCH3 is 1. The summed E-state index contributed by atoms with van der Waals surface area (Å²) >= 11 is 0. The number of ether oxygens (including phenoxy) is 1. The molecule has 1 aromatic rings. The van der Waals surface area contributed by atoms with Crippen molar-refractivity contribution < 1.29 is 21.6 Å². The molecule has 7 nitrogen and oxygen atoms in total. The molecule has 0 fully saturated rings. The van der Waals surface area contributed by atoms with Gasteiger partial charge in [0.1, 0.15) is 9.79 Å².